The lowest BCUT2D eigenvalue weighted by Gasteiger charge is -2.42. The smallest absolute Gasteiger partial charge is 0.335 e. The van der Waals surface area contributed by atoms with Gasteiger partial charge < -0.3 is 9.84 Å². The molecule has 2 heterocycles. The van der Waals surface area contributed by atoms with Crippen molar-refractivity contribution < 1.29 is 19.7 Å². The van der Waals surface area contributed by atoms with E-state index < -0.39 is 38.8 Å². The molecule has 11 heteroatoms. The van der Waals surface area contributed by atoms with Crippen LogP contribution >= 0.6 is 15.9 Å². The molecule has 0 saturated carbocycles. The summed E-state index contributed by atoms with van der Waals surface area (Å²) in [5, 5.41) is 33.2. The standard InChI is InChI=1S/C16H14BrN3O7/c1-16(2)14(21)13(10-6-9(19(23)24)3-4-12(10)27-16)18-7-8(17)5-11(15(18)22)20(25)26/h3-7,13-14,21H,1-2H3. The van der Waals surface area contributed by atoms with E-state index in [9.17, 15) is 30.1 Å². The molecule has 0 bridgehead atoms. The van der Waals surface area contributed by atoms with Gasteiger partial charge in [0.1, 0.15) is 17.5 Å². The third-order valence-electron chi connectivity index (χ3n) is 4.39. The number of hydrogen-bond acceptors (Lipinski definition) is 7. The van der Waals surface area contributed by atoms with Gasteiger partial charge in [-0.05, 0) is 35.8 Å². The predicted octanol–water partition coefficient (Wildman–Crippen LogP) is 2.55. The number of rotatable bonds is 3. The molecule has 1 aliphatic rings. The first-order chi connectivity index (χ1) is 12.5. The Bertz CT molecular complexity index is 1020. The second kappa shape index (κ2) is 6.43. The fraction of sp³-hybridized carbons (Fsp3) is 0.312. The predicted molar refractivity (Wildman–Crippen MR) is 97.0 cm³/mol. The fourth-order valence-electron chi connectivity index (χ4n) is 3.06. The zero-order valence-electron chi connectivity index (χ0n) is 14.2. The zero-order chi connectivity index (χ0) is 20.1. The lowest BCUT2D eigenvalue weighted by atomic mass is 9.86. The summed E-state index contributed by atoms with van der Waals surface area (Å²) in [6.45, 7) is 3.18. The number of nitro benzene ring substituents is 1. The molecule has 142 valence electrons. The summed E-state index contributed by atoms with van der Waals surface area (Å²) in [4.78, 5) is 33.6. The van der Waals surface area contributed by atoms with E-state index >= 15 is 0 Å². The molecule has 1 aromatic heterocycles. The molecule has 2 aromatic rings. The quantitative estimate of drug-likeness (QED) is 0.572. The third kappa shape index (κ3) is 3.19. The van der Waals surface area contributed by atoms with Crippen molar-refractivity contribution in [2.24, 2.45) is 0 Å². The minimum Gasteiger partial charge on any atom is -0.485 e. The van der Waals surface area contributed by atoms with Crippen LogP contribution in [0.2, 0.25) is 0 Å². The van der Waals surface area contributed by atoms with Gasteiger partial charge in [-0.15, -0.1) is 0 Å². The van der Waals surface area contributed by atoms with Gasteiger partial charge in [0.15, 0.2) is 0 Å². The van der Waals surface area contributed by atoms with Crippen LogP contribution < -0.4 is 10.3 Å². The van der Waals surface area contributed by atoms with Crippen LogP contribution in [-0.2, 0) is 0 Å². The maximum absolute atomic E-state index is 12.7. The summed E-state index contributed by atoms with van der Waals surface area (Å²) in [5.41, 5.74) is -2.85. The van der Waals surface area contributed by atoms with E-state index in [4.69, 9.17) is 4.74 Å². The molecule has 2 atom stereocenters. The minimum atomic E-state index is -1.31. The molecule has 1 N–H and O–H groups in total. The van der Waals surface area contributed by atoms with Gasteiger partial charge in [-0.25, -0.2) is 0 Å². The number of non-ortho nitro benzene ring substituents is 1. The van der Waals surface area contributed by atoms with Crippen molar-refractivity contribution in [2.75, 3.05) is 0 Å². The molecule has 0 radical (unpaired) electrons. The number of aromatic nitrogens is 1. The Hall–Kier alpha value is -2.79. The zero-order valence-corrected chi connectivity index (χ0v) is 15.7. The average molecular weight is 440 g/mol. The molecule has 0 spiro atoms. The maximum Gasteiger partial charge on any atom is 0.335 e. The highest BCUT2D eigenvalue weighted by Crippen LogP contribution is 2.43. The van der Waals surface area contributed by atoms with Gasteiger partial charge in [-0.1, -0.05) is 0 Å². The third-order valence-corrected chi connectivity index (χ3v) is 4.83. The topological polar surface area (TPSA) is 138 Å². The van der Waals surface area contributed by atoms with Gasteiger partial charge in [0.05, 0.1) is 15.9 Å². The Labute approximate surface area is 160 Å². The Morgan fingerprint density at radius 3 is 2.48 bits per heavy atom. The van der Waals surface area contributed by atoms with E-state index in [0.717, 1.165) is 10.6 Å². The van der Waals surface area contributed by atoms with Crippen molar-refractivity contribution in [2.45, 2.75) is 31.6 Å². The molecule has 3 rings (SSSR count). The van der Waals surface area contributed by atoms with Gasteiger partial charge in [0.2, 0.25) is 0 Å². The van der Waals surface area contributed by atoms with E-state index in [2.05, 4.69) is 15.9 Å². The van der Waals surface area contributed by atoms with Crippen molar-refractivity contribution in [3.05, 3.63) is 71.1 Å². The number of ether oxygens (including phenoxy) is 1. The van der Waals surface area contributed by atoms with Crippen LogP contribution in [0, 0.1) is 20.2 Å². The first kappa shape index (κ1) is 19.0. The number of fused-ring (bicyclic) bond motifs is 1. The van der Waals surface area contributed by atoms with Crippen LogP contribution in [0.1, 0.15) is 25.5 Å². The largest absolute Gasteiger partial charge is 0.485 e. The lowest BCUT2D eigenvalue weighted by molar-refractivity contribution is -0.386. The molecule has 0 fully saturated rings. The summed E-state index contributed by atoms with van der Waals surface area (Å²) in [6.07, 6.45) is -0.00800. The van der Waals surface area contributed by atoms with Crippen LogP contribution in [0.4, 0.5) is 11.4 Å². The molecule has 0 aliphatic carbocycles. The highest BCUT2D eigenvalue weighted by atomic mass is 79.9. The van der Waals surface area contributed by atoms with Gasteiger partial charge in [0.25, 0.3) is 5.69 Å². The average Bonchev–Trinajstić information content (AvgIpc) is 2.57. The summed E-state index contributed by atoms with van der Waals surface area (Å²) in [5.74, 6) is 0.246. The van der Waals surface area contributed by atoms with E-state index in [1.807, 2.05) is 0 Å². The first-order valence-electron chi connectivity index (χ1n) is 7.74. The fourth-order valence-corrected chi connectivity index (χ4v) is 3.50. The number of aliphatic hydroxyl groups excluding tert-OH is 1. The Morgan fingerprint density at radius 1 is 1.22 bits per heavy atom. The number of nitro groups is 2. The van der Waals surface area contributed by atoms with Crippen LogP contribution in [0.15, 0.2) is 39.7 Å². The number of hydrogen-bond donors (Lipinski definition) is 1. The molecule has 2 unspecified atom stereocenters. The van der Waals surface area contributed by atoms with Gasteiger partial charge in [-0.3, -0.25) is 29.6 Å². The molecule has 1 aromatic carbocycles. The Kier molecular flexibility index (Phi) is 4.52. The van der Waals surface area contributed by atoms with E-state index in [-0.39, 0.29) is 21.5 Å². The second-order valence-corrected chi connectivity index (χ2v) is 7.50. The molecular weight excluding hydrogens is 426 g/mol. The monoisotopic (exact) mass is 439 g/mol. The van der Waals surface area contributed by atoms with Crippen molar-refractivity contribution in [1.29, 1.82) is 0 Å². The normalized spacial score (nSPS) is 20.4. The molecule has 1 aliphatic heterocycles. The van der Waals surface area contributed by atoms with Crippen LogP contribution in [0.3, 0.4) is 0 Å². The number of benzene rings is 1. The van der Waals surface area contributed by atoms with Crippen molar-refractivity contribution in [3.63, 3.8) is 0 Å². The van der Waals surface area contributed by atoms with Crippen molar-refractivity contribution in [1.82, 2.24) is 4.57 Å². The van der Waals surface area contributed by atoms with Crippen molar-refractivity contribution >= 4 is 27.3 Å². The van der Waals surface area contributed by atoms with E-state index in [0.29, 0.717) is 0 Å². The van der Waals surface area contributed by atoms with Crippen LogP contribution in [0.5, 0.6) is 5.75 Å². The summed E-state index contributed by atoms with van der Waals surface area (Å²) in [6, 6.07) is 3.76. The highest BCUT2D eigenvalue weighted by Gasteiger charge is 2.45. The van der Waals surface area contributed by atoms with Crippen LogP contribution in [0.25, 0.3) is 0 Å². The van der Waals surface area contributed by atoms with E-state index in [1.54, 1.807) is 13.8 Å². The lowest BCUT2D eigenvalue weighted by Crippen LogP contribution is -2.52. The molecule has 10 nitrogen and oxygen atoms in total. The SMILES string of the molecule is CC1(C)Oc2ccc([N+](=O)[O-])cc2C(n2cc(Br)cc([N+](=O)[O-])c2=O)C1O. The van der Waals surface area contributed by atoms with Crippen molar-refractivity contribution in [3.8, 4) is 5.75 Å². The van der Waals surface area contributed by atoms with Gasteiger partial charge in [-0.2, -0.15) is 0 Å². The first-order valence-corrected chi connectivity index (χ1v) is 8.53. The highest BCUT2D eigenvalue weighted by molar-refractivity contribution is 9.10. The van der Waals surface area contributed by atoms with Crippen LogP contribution in [-0.4, -0.2) is 31.2 Å². The summed E-state index contributed by atoms with van der Waals surface area (Å²) >= 11 is 3.12. The molecular formula is C16H14BrN3O7. The number of aliphatic hydroxyl groups is 1. The van der Waals surface area contributed by atoms with Gasteiger partial charge >= 0.3 is 11.2 Å². The second-order valence-electron chi connectivity index (χ2n) is 6.59. The number of halogens is 1. The Morgan fingerprint density at radius 2 is 1.89 bits per heavy atom. The number of pyridine rings is 1. The number of nitrogens with zero attached hydrogens (tertiary/aromatic N) is 3. The summed E-state index contributed by atoms with van der Waals surface area (Å²) < 4.78 is 6.98. The van der Waals surface area contributed by atoms with E-state index in [1.165, 1.54) is 24.4 Å². The maximum atomic E-state index is 12.7. The summed E-state index contributed by atoms with van der Waals surface area (Å²) in [7, 11) is 0. The Balaban J connectivity index is 2.32. The molecule has 27 heavy (non-hydrogen) atoms. The molecule has 0 amide bonds. The van der Waals surface area contributed by atoms with Gasteiger partial charge in [0, 0.05) is 34.4 Å². The molecule has 0 saturated heterocycles. The minimum absolute atomic E-state index is 0.186.